The summed E-state index contributed by atoms with van der Waals surface area (Å²) in [6.07, 6.45) is -1.68. The first-order valence-electron chi connectivity index (χ1n) is 7.12. The van der Waals surface area contributed by atoms with E-state index in [2.05, 4.69) is 4.74 Å². The number of amides is 1. The van der Waals surface area contributed by atoms with E-state index in [0.717, 1.165) is 0 Å². The first-order chi connectivity index (χ1) is 11.3. The molecule has 1 unspecified atom stereocenters. The minimum absolute atomic E-state index is 0.0164. The Labute approximate surface area is 136 Å². The van der Waals surface area contributed by atoms with Crippen molar-refractivity contribution in [3.05, 3.63) is 23.8 Å². The maximum Gasteiger partial charge on any atom is 0.387 e. The summed E-state index contributed by atoms with van der Waals surface area (Å²) in [5, 5.41) is 9.08. The van der Waals surface area contributed by atoms with Gasteiger partial charge in [-0.2, -0.15) is 8.78 Å². The molecule has 1 saturated heterocycles. The van der Waals surface area contributed by atoms with E-state index < -0.39 is 30.7 Å². The lowest BCUT2D eigenvalue weighted by Crippen LogP contribution is -2.51. The van der Waals surface area contributed by atoms with Crippen LogP contribution in [0.25, 0.3) is 0 Å². The Morgan fingerprint density at radius 3 is 2.67 bits per heavy atom. The van der Waals surface area contributed by atoms with E-state index in [4.69, 9.17) is 14.6 Å². The summed E-state index contributed by atoms with van der Waals surface area (Å²) in [7, 11) is 1.26. The van der Waals surface area contributed by atoms with E-state index in [-0.39, 0.29) is 30.2 Å². The Hall–Kier alpha value is -2.42. The van der Waals surface area contributed by atoms with Gasteiger partial charge in [0.25, 0.3) is 5.91 Å². The van der Waals surface area contributed by atoms with Gasteiger partial charge in [0.1, 0.15) is 0 Å². The van der Waals surface area contributed by atoms with Crippen LogP contribution in [0, 0.1) is 0 Å². The van der Waals surface area contributed by atoms with Crippen LogP contribution in [0.1, 0.15) is 17.3 Å². The van der Waals surface area contributed by atoms with Gasteiger partial charge in [-0.3, -0.25) is 4.79 Å². The lowest BCUT2D eigenvalue weighted by molar-refractivity contribution is -0.160. The second-order valence-electron chi connectivity index (χ2n) is 5.20. The Kier molecular flexibility index (Phi) is 5.55. The number of hydrogen-bond acceptors (Lipinski definition) is 5. The predicted octanol–water partition coefficient (Wildman–Crippen LogP) is 1.61. The molecule has 0 saturated carbocycles. The van der Waals surface area contributed by atoms with Gasteiger partial charge in [0.2, 0.25) is 0 Å². The molecule has 2 rings (SSSR count). The van der Waals surface area contributed by atoms with Crippen molar-refractivity contribution < 1.29 is 37.7 Å². The molecule has 1 aliphatic rings. The second-order valence-corrected chi connectivity index (χ2v) is 5.20. The largest absolute Gasteiger partial charge is 0.493 e. The SMILES string of the molecule is COc1cccc(C(=O)N2CC(C(=O)O)O[C@H](C)C2)c1OC(F)F. The van der Waals surface area contributed by atoms with Crippen LogP contribution in [0.15, 0.2) is 18.2 Å². The topological polar surface area (TPSA) is 85.3 Å². The van der Waals surface area contributed by atoms with Crippen LogP contribution in [-0.2, 0) is 9.53 Å². The van der Waals surface area contributed by atoms with Crippen LogP contribution >= 0.6 is 0 Å². The number of halogens is 2. The average molecular weight is 345 g/mol. The van der Waals surface area contributed by atoms with Gasteiger partial charge in [-0.05, 0) is 19.1 Å². The number of carboxylic acid groups (broad SMARTS) is 1. The van der Waals surface area contributed by atoms with Crippen LogP contribution < -0.4 is 9.47 Å². The smallest absolute Gasteiger partial charge is 0.387 e. The Morgan fingerprint density at radius 2 is 2.08 bits per heavy atom. The fourth-order valence-electron chi connectivity index (χ4n) is 2.48. The molecule has 0 bridgehead atoms. The van der Waals surface area contributed by atoms with E-state index in [1.165, 1.54) is 30.2 Å². The van der Waals surface area contributed by atoms with Gasteiger partial charge in [0.05, 0.1) is 25.3 Å². The Bertz CT molecular complexity index is 624. The van der Waals surface area contributed by atoms with E-state index >= 15 is 0 Å². The maximum absolute atomic E-state index is 12.7. The quantitative estimate of drug-likeness (QED) is 0.873. The molecule has 1 aliphatic heterocycles. The first kappa shape index (κ1) is 17.9. The molecule has 0 aromatic heterocycles. The molecule has 1 N–H and O–H groups in total. The second kappa shape index (κ2) is 7.43. The van der Waals surface area contributed by atoms with Crippen molar-refractivity contribution in [2.75, 3.05) is 20.2 Å². The number of para-hydroxylation sites is 1. The molecule has 1 heterocycles. The standard InChI is InChI=1S/C15H17F2NO6/c1-8-6-18(7-11(23-8)14(20)21)13(19)9-4-3-5-10(22-2)12(9)24-15(16)17/h3-5,8,11,15H,6-7H2,1-2H3,(H,20,21)/t8-,11?/m1/s1. The number of aliphatic carboxylic acids is 1. The van der Waals surface area contributed by atoms with Gasteiger partial charge in [-0.15, -0.1) is 0 Å². The maximum atomic E-state index is 12.7. The summed E-state index contributed by atoms with van der Waals surface area (Å²) in [5.41, 5.74) is -0.132. The van der Waals surface area contributed by atoms with Crippen molar-refractivity contribution in [3.8, 4) is 11.5 Å². The van der Waals surface area contributed by atoms with Crippen molar-refractivity contribution in [1.29, 1.82) is 0 Å². The van der Waals surface area contributed by atoms with Crippen molar-refractivity contribution in [2.24, 2.45) is 0 Å². The lowest BCUT2D eigenvalue weighted by atomic mass is 10.1. The monoisotopic (exact) mass is 345 g/mol. The molecule has 2 atom stereocenters. The summed E-state index contributed by atoms with van der Waals surface area (Å²) in [6, 6.07) is 4.16. The van der Waals surface area contributed by atoms with Crippen molar-refractivity contribution >= 4 is 11.9 Å². The van der Waals surface area contributed by atoms with Gasteiger partial charge < -0.3 is 24.2 Å². The van der Waals surface area contributed by atoms with E-state index in [1.54, 1.807) is 6.92 Å². The highest BCUT2D eigenvalue weighted by Crippen LogP contribution is 2.33. The van der Waals surface area contributed by atoms with Gasteiger partial charge in [0, 0.05) is 6.54 Å². The highest BCUT2D eigenvalue weighted by molar-refractivity contribution is 5.98. The molecule has 7 nitrogen and oxygen atoms in total. The van der Waals surface area contributed by atoms with Crippen LogP contribution in [0.5, 0.6) is 11.5 Å². The first-order valence-corrected chi connectivity index (χ1v) is 7.12. The van der Waals surface area contributed by atoms with Gasteiger partial charge >= 0.3 is 12.6 Å². The zero-order valence-electron chi connectivity index (χ0n) is 13.1. The fourth-order valence-corrected chi connectivity index (χ4v) is 2.48. The van der Waals surface area contributed by atoms with Crippen molar-refractivity contribution in [3.63, 3.8) is 0 Å². The number of alkyl halides is 2. The number of rotatable bonds is 5. The number of nitrogens with zero attached hydrogens (tertiary/aromatic N) is 1. The highest BCUT2D eigenvalue weighted by Gasteiger charge is 2.34. The number of carbonyl (C=O) groups is 2. The predicted molar refractivity (Wildman–Crippen MR) is 77.5 cm³/mol. The molecular weight excluding hydrogens is 328 g/mol. The third kappa shape index (κ3) is 3.91. The molecule has 9 heteroatoms. The minimum Gasteiger partial charge on any atom is -0.493 e. The summed E-state index contributed by atoms with van der Waals surface area (Å²) >= 11 is 0. The van der Waals surface area contributed by atoms with Crippen molar-refractivity contribution in [1.82, 2.24) is 4.90 Å². The van der Waals surface area contributed by atoms with Crippen LogP contribution in [0.2, 0.25) is 0 Å². The molecule has 0 radical (unpaired) electrons. The Morgan fingerprint density at radius 1 is 1.38 bits per heavy atom. The number of carboxylic acids is 1. The number of benzene rings is 1. The summed E-state index contributed by atoms with van der Waals surface area (Å²) in [4.78, 5) is 25.0. The van der Waals surface area contributed by atoms with Gasteiger partial charge in [-0.25, -0.2) is 4.79 Å². The summed E-state index contributed by atoms with van der Waals surface area (Å²) in [6.45, 7) is -1.57. The molecule has 132 valence electrons. The minimum atomic E-state index is -3.14. The van der Waals surface area contributed by atoms with E-state index in [9.17, 15) is 18.4 Å². The molecule has 0 aliphatic carbocycles. The molecule has 1 aromatic carbocycles. The number of carbonyl (C=O) groups excluding carboxylic acids is 1. The van der Waals surface area contributed by atoms with Crippen LogP contribution in [-0.4, -0.2) is 60.9 Å². The third-order valence-electron chi connectivity index (χ3n) is 3.46. The number of morpholine rings is 1. The normalized spacial score (nSPS) is 20.8. The van der Waals surface area contributed by atoms with Gasteiger partial charge in [0.15, 0.2) is 17.6 Å². The van der Waals surface area contributed by atoms with Crippen LogP contribution in [0.4, 0.5) is 8.78 Å². The van der Waals surface area contributed by atoms with E-state index in [1.807, 2.05) is 0 Å². The van der Waals surface area contributed by atoms with Crippen LogP contribution in [0.3, 0.4) is 0 Å². The Balaban J connectivity index is 2.33. The average Bonchev–Trinajstić information content (AvgIpc) is 2.53. The van der Waals surface area contributed by atoms with E-state index in [0.29, 0.717) is 0 Å². The van der Waals surface area contributed by atoms with Gasteiger partial charge in [-0.1, -0.05) is 6.07 Å². The third-order valence-corrected chi connectivity index (χ3v) is 3.46. The van der Waals surface area contributed by atoms with Crippen molar-refractivity contribution in [2.45, 2.75) is 25.7 Å². The summed E-state index contributed by atoms with van der Waals surface area (Å²) in [5.74, 6) is -2.23. The zero-order chi connectivity index (χ0) is 17.9. The molecular formula is C15H17F2NO6. The number of methoxy groups -OCH3 is 1. The highest BCUT2D eigenvalue weighted by atomic mass is 19.3. The molecule has 1 aromatic rings. The molecule has 1 amide bonds. The fraction of sp³-hybridized carbons (Fsp3) is 0.467. The zero-order valence-corrected chi connectivity index (χ0v) is 13.1. The molecule has 0 spiro atoms. The molecule has 1 fully saturated rings. The lowest BCUT2D eigenvalue weighted by Gasteiger charge is -2.35. The number of hydrogen-bond donors (Lipinski definition) is 1. The summed E-state index contributed by atoms with van der Waals surface area (Å²) < 4.78 is 39.9. The molecule has 24 heavy (non-hydrogen) atoms. The number of ether oxygens (including phenoxy) is 3.